The maximum atomic E-state index is 12.5. The first kappa shape index (κ1) is 18.9. The first-order valence-electron chi connectivity index (χ1n) is 9.77. The molecular formula is C21H24N4O2S. The van der Waals surface area contributed by atoms with Crippen LogP contribution in [0, 0.1) is 11.3 Å². The molecule has 1 aliphatic carbocycles. The van der Waals surface area contributed by atoms with Crippen molar-refractivity contribution in [3.63, 3.8) is 0 Å². The van der Waals surface area contributed by atoms with Crippen molar-refractivity contribution < 1.29 is 9.53 Å². The van der Waals surface area contributed by atoms with E-state index in [0.717, 1.165) is 35.1 Å². The van der Waals surface area contributed by atoms with Crippen LogP contribution in [0.15, 0.2) is 39.9 Å². The molecule has 0 aromatic heterocycles. The monoisotopic (exact) mass is 396 g/mol. The minimum absolute atomic E-state index is 0.0889. The first-order valence-corrected chi connectivity index (χ1v) is 10.6. The van der Waals surface area contributed by atoms with Crippen LogP contribution in [0.25, 0.3) is 6.08 Å². The molecule has 1 aromatic rings. The molecule has 1 N–H and O–H groups in total. The van der Waals surface area contributed by atoms with Crippen LogP contribution in [0.4, 0.5) is 0 Å². The van der Waals surface area contributed by atoms with Crippen molar-refractivity contribution in [3.05, 3.63) is 35.4 Å². The number of amides is 1. The molecule has 6 nitrogen and oxygen atoms in total. The fraction of sp³-hybridized carbons (Fsp3) is 0.429. The lowest BCUT2D eigenvalue weighted by atomic mass is 9.86. The lowest BCUT2D eigenvalue weighted by molar-refractivity contribution is -0.114. The molecule has 4 rings (SSSR count). The Morgan fingerprint density at radius 2 is 2.00 bits per heavy atom. The number of amidine groups is 2. The van der Waals surface area contributed by atoms with E-state index in [4.69, 9.17) is 10.1 Å². The van der Waals surface area contributed by atoms with Crippen molar-refractivity contribution in [1.82, 2.24) is 5.01 Å². The van der Waals surface area contributed by atoms with Gasteiger partial charge in [-0.2, -0.15) is 15.1 Å². The number of thioether (sulfide) groups is 1. The Hall–Kier alpha value is -2.41. The van der Waals surface area contributed by atoms with E-state index in [-0.39, 0.29) is 17.3 Å². The summed E-state index contributed by atoms with van der Waals surface area (Å²) in [7, 11) is 1.61. The summed E-state index contributed by atoms with van der Waals surface area (Å²) in [5.74, 6) is 1.23. The van der Waals surface area contributed by atoms with E-state index in [1.807, 2.05) is 24.3 Å². The summed E-state index contributed by atoms with van der Waals surface area (Å²) in [5, 5.41) is 16.0. The predicted molar refractivity (Wildman–Crippen MR) is 114 cm³/mol. The second-order valence-electron chi connectivity index (χ2n) is 7.33. The van der Waals surface area contributed by atoms with Gasteiger partial charge in [-0.3, -0.25) is 10.2 Å². The zero-order valence-corrected chi connectivity index (χ0v) is 16.8. The Kier molecular flexibility index (Phi) is 5.62. The normalized spacial score (nSPS) is 21.6. The van der Waals surface area contributed by atoms with Gasteiger partial charge in [0.15, 0.2) is 5.84 Å². The van der Waals surface area contributed by atoms with Crippen molar-refractivity contribution in [1.29, 1.82) is 5.41 Å². The Morgan fingerprint density at radius 3 is 2.71 bits per heavy atom. The summed E-state index contributed by atoms with van der Waals surface area (Å²) < 4.78 is 5.16. The largest absolute Gasteiger partial charge is 0.497 e. The van der Waals surface area contributed by atoms with Gasteiger partial charge in [0.2, 0.25) is 5.17 Å². The molecule has 1 aromatic carbocycles. The summed E-state index contributed by atoms with van der Waals surface area (Å²) in [5.41, 5.74) is 1.08. The highest BCUT2D eigenvalue weighted by Crippen LogP contribution is 2.33. The van der Waals surface area contributed by atoms with Gasteiger partial charge in [-0.1, -0.05) is 44.2 Å². The second-order valence-corrected chi connectivity index (χ2v) is 8.37. The van der Waals surface area contributed by atoms with Gasteiger partial charge >= 0.3 is 0 Å². The molecule has 0 radical (unpaired) electrons. The summed E-state index contributed by atoms with van der Waals surface area (Å²) in [6.45, 7) is 0. The quantitative estimate of drug-likeness (QED) is 0.733. The van der Waals surface area contributed by atoms with Gasteiger partial charge in [0.05, 0.1) is 12.7 Å². The number of rotatable bonds is 5. The number of nitrogens with one attached hydrogen (secondary N) is 1. The lowest BCUT2D eigenvalue weighted by Crippen LogP contribution is -2.35. The molecule has 1 saturated carbocycles. The van der Waals surface area contributed by atoms with Gasteiger partial charge in [-0.15, -0.1) is 0 Å². The smallest absolute Gasteiger partial charge is 0.283 e. The molecule has 0 atom stereocenters. The van der Waals surface area contributed by atoms with E-state index < -0.39 is 0 Å². The van der Waals surface area contributed by atoms with E-state index in [2.05, 4.69) is 10.1 Å². The fourth-order valence-corrected chi connectivity index (χ4v) is 4.70. The number of ether oxygens (including phenoxy) is 1. The number of benzene rings is 1. The minimum Gasteiger partial charge on any atom is -0.497 e. The highest BCUT2D eigenvalue weighted by molar-refractivity contribution is 8.26. The topological polar surface area (TPSA) is 78.1 Å². The number of hydrogen-bond acceptors (Lipinski definition) is 5. The van der Waals surface area contributed by atoms with Gasteiger partial charge in [0, 0.05) is 0 Å². The van der Waals surface area contributed by atoms with Crippen LogP contribution in [0.5, 0.6) is 5.75 Å². The lowest BCUT2D eigenvalue weighted by Gasteiger charge is -2.20. The Morgan fingerprint density at radius 1 is 1.25 bits per heavy atom. The van der Waals surface area contributed by atoms with E-state index in [1.54, 1.807) is 13.2 Å². The molecule has 146 valence electrons. The zero-order chi connectivity index (χ0) is 19.5. The number of carbonyl (C=O) groups is 1. The molecule has 0 spiro atoms. The molecule has 0 unspecified atom stereocenters. The van der Waals surface area contributed by atoms with Gasteiger partial charge < -0.3 is 4.74 Å². The second kappa shape index (κ2) is 8.31. The summed E-state index contributed by atoms with van der Waals surface area (Å²) >= 11 is 1.42. The number of fused-ring (bicyclic) bond motifs is 1. The molecular weight excluding hydrogens is 372 g/mol. The summed E-state index contributed by atoms with van der Waals surface area (Å²) in [6, 6.07) is 7.35. The van der Waals surface area contributed by atoms with Crippen LogP contribution in [-0.2, 0) is 4.79 Å². The van der Waals surface area contributed by atoms with E-state index >= 15 is 0 Å². The van der Waals surface area contributed by atoms with Crippen LogP contribution >= 0.6 is 11.8 Å². The van der Waals surface area contributed by atoms with E-state index in [9.17, 15) is 4.79 Å². The van der Waals surface area contributed by atoms with Crippen LogP contribution in [0.1, 0.15) is 50.5 Å². The Labute approximate surface area is 169 Å². The summed E-state index contributed by atoms with van der Waals surface area (Å²) in [4.78, 5) is 16.6. The third kappa shape index (κ3) is 4.04. The third-order valence-corrected chi connectivity index (χ3v) is 6.38. The average Bonchev–Trinajstić information content (AvgIpc) is 3.14. The maximum Gasteiger partial charge on any atom is 0.283 e. The van der Waals surface area contributed by atoms with Crippen LogP contribution in [0.3, 0.4) is 0 Å². The van der Waals surface area contributed by atoms with Gasteiger partial charge in [-0.25, -0.2) is 0 Å². The molecule has 28 heavy (non-hydrogen) atoms. The molecule has 1 fully saturated rings. The van der Waals surface area contributed by atoms with Crippen LogP contribution in [0.2, 0.25) is 0 Å². The standard InChI is InChI=1S/C21H24N4O2S/c1-27-16-10-7-15(8-11-16)13-17-19(22)25-21(23-20(17)26)28-18(24-25)12-9-14-5-3-2-4-6-14/h7-8,10-11,13-14,22H,2-6,9,12H2,1H3/b17-13-,22-19?. The van der Waals surface area contributed by atoms with Crippen molar-refractivity contribution in [2.45, 2.75) is 44.9 Å². The van der Waals surface area contributed by atoms with Crippen molar-refractivity contribution in [3.8, 4) is 5.75 Å². The maximum absolute atomic E-state index is 12.5. The number of nitrogens with zero attached hydrogens (tertiary/aromatic N) is 3. The fourth-order valence-electron chi connectivity index (χ4n) is 3.80. The van der Waals surface area contributed by atoms with Crippen molar-refractivity contribution in [2.75, 3.05) is 7.11 Å². The number of aliphatic imine (C=N–C) groups is 1. The number of carbonyl (C=O) groups excluding carboxylic acids is 1. The average molecular weight is 397 g/mol. The SMILES string of the molecule is COc1ccc(/C=C2/C(=N)N3N=C(CCC4CCCCC4)SC3=NC2=O)cc1. The number of hydrazone groups is 1. The molecule has 3 aliphatic rings. The molecule has 7 heteroatoms. The van der Waals surface area contributed by atoms with Gasteiger partial charge in [0.25, 0.3) is 5.91 Å². The molecule has 2 aliphatic heterocycles. The molecule has 0 saturated heterocycles. The zero-order valence-electron chi connectivity index (χ0n) is 16.0. The number of methoxy groups -OCH3 is 1. The van der Waals surface area contributed by atoms with Gasteiger partial charge in [0.1, 0.15) is 10.8 Å². The Bertz CT molecular complexity index is 867. The predicted octanol–water partition coefficient (Wildman–Crippen LogP) is 4.67. The van der Waals surface area contributed by atoms with Crippen LogP contribution in [-0.4, -0.2) is 34.1 Å². The van der Waals surface area contributed by atoms with Crippen molar-refractivity contribution >= 4 is 39.8 Å². The van der Waals surface area contributed by atoms with E-state index in [0.29, 0.717) is 5.17 Å². The first-order chi connectivity index (χ1) is 13.6. The Balaban J connectivity index is 1.47. The van der Waals surface area contributed by atoms with Gasteiger partial charge in [-0.05, 0) is 54.3 Å². The van der Waals surface area contributed by atoms with E-state index in [1.165, 1.54) is 48.9 Å². The highest BCUT2D eigenvalue weighted by atomic mass is 32.2. The van der Waals surface area contributed by atoms with Crippen molar-refractivity contribution in [2.24, 2.45) is 16.0 Å². The summed E-state index contributed by atoms with van der Waals surface area (Å²) in [6.07, 6.45) is 10.4. The molecule has 0 bridgehead atoms. The highest BCUT2D eigenvalue weighted by Gasteiger charge is 2.35. The number of hydrogen-bond donors (Lipinski definition) is 1. The molecule has 2 heterocycles. The minimum atomic E-state index is -0.386. The third-order valence-electron chi connectivity index (χ3n) is 5.41. The van der Waals surface area contributed by atoms with Crippen LogP contribution < -0.4 is 4.74 Å². The molecule has 1 amide bonds.